The third kappa shape index (κ3) is 3.02. The predicted molar refractivity (Wildman–Crippen MR) is 93.7 cm³/mol. The smallest absolute Gasteiger partial charge is 0.0393 e. The van der Waals surface area contributed by atoms with E-state index in [1.165, 1.54) is 53.8 Å². The number of nitrogen functional groups attached to an aromatic ring is 1. The molecule has 2 N–H and O–H groups in total. The van der Waals surface area contributed by atoms with Crippen molar-refractivity contribution in [3.63, 3.8) is 0 Å². The van der Waals surface area contributed by atoms with E-state index in [1.54, 1.807) is 0 Å². The fourth-order valence-corrected chi connectivity index (χ4v) is 3.01. The Morgan fingerprint density at radius 3 is 2.57 bits per heavy atom. The maximum absolute atomic E-state index is 6.07. The number of fused-ring (bicyclic) bond motifs is 2. The Balaban J connectivity index is 1.92. The number of anilines is 1. The van der Waals surface area contributed by atoms with Crippen LogP contribution < -0.4 is 5.73 Å². The van der Waals surface area contributed by atoms with Crippen molar-refractivity contribution in [3.05, 3.63) is 54.1 Å². The Kier molecular flexibility index (Phi) is 4.10. The van der Waals surface area contributed by atoms with Gasteiger partial charge < -0.3 is 5.73 Å². The molecule has 0 atom stereocenters. The van der Waals surface area contributed by atoms with Crippen LogP contribution in [0.5, 0.6) is 0 Å². The van der Waals surface area contributed by atoms with E-state index < -0.39 is 0 Å². The molecule has 0 spiro atoms. The molecule has 3 aromatic carbocycles. The Labute approximate surface area is 126 Å². The molecule has 0 aliphatic heterocycles. The van der Waals surface area contributed by atoms with Crippen molar-refractivity contribution < 1.29 is 0 Å². The normalized spacial score (nSPS) is 11.3. The lowest BCUT2D eigenvalue weighted by atomic mass is 9.99. The molecular weight excluding hydrogens is 254 g/mol. The molecule has 1 heteroatoms. The van der Waals surface area contributed by atoms with Gasteiger partial charge >= 0.3 is 0 Å². The summed E-state index contributed by atoms with van der Waals surface area (Å²) in [7, 11) is 0. The van der Waals surface area contributed by atoms with Crippen LogP contribution in [0.3, 0.4) is 0 Å². The monoisotopic (exact) mass is 277 g/mol. The molecule has 0 saturated heterocycles. The molecule has 3 rings (SSSR count). The summed E-state index contributed by atoms with van der Waals surface area (Å²) in [5.41, 5.74) is 8.38. The Hall–Kier alpha value is -2.02. The van der Waals surface area contributed by atoms with Crippen LogP contribution in [0.15, 0.2) is 48.5 Å². The van der Waals surface area contributed by atoms with Crippen LogP contribution in [0, 0.1) is 0 Å². The van der Waals surface area contributed by atoms with E-state index in [1.807, 2.05) is 12.1 Å². The van der Waals surface area contributed by atoms with Gasteiger partial charge in [-0.3, -0.25) is 0 Å². The van der Waals surface area contributed by atoms with Gasteiger partial charge in [-0.1, -0.05) is 56.5 Å². The average molecular weight is 277 g/mol. The lowest BCUT2D eigenvalue weighted by molar-refractivity contribution is 0.667. The first kappa shape index (κ1) is 13.9. The number of nitrogens with two attached hydrogens (primary N) is 1. The summed E-state index contributed by atoms with van der Waals surface area (Å²) in [6.07, 6.45) is 6.45. The van der Waals surface area contributed by atoms with Crippen LogP contribution >= 0.6 is 0 Å². The van der Waals surface area contributed by atoms with Gasteiger partial charge in [-0.2, -0.15) is 0 Å². The lowest BCUT2D eigenvalue weighted by Crippen LogP contribution is -1.88. The van der Waals surface area contributed by atoms with Crippen LogP contribution in [0.2, 0.25) is 0 Å². The van der Waals surface area contributed by atoms with E-state index in [-0.39, 0.29) is 0 Å². The van der Waals surface area contributed by atoms with Gasteiger partial charge in [0.05, 0.1) is 0 Å². The highest BCUT2D eigenvalue weighted by atomic mass is 14.5. The average Bonchev–Trinajstić information content (AvgIpc) is 2.50. The summed E-state index contributed by atoms with van der Waals surface area (Å²) in [5.74, 6) is 0. The highest BCUT2D eigenvalue weighted by molar-refractivity contribution is 6.03. The summed E-state index contributed by atoms with van der Waals surface area (Å²) >= 11 is 0. The first-order valence-corrected chi connectivity index (χ1v) is 7.99. The second kappa shape index (κ2) is 6.17. The van der Waals surface area contributed by atoms with E-state index in [0.29, 0.717) is 0 Å². The van der Waals surface area contributed by atoms with Gasteiger partial charge in [-0.25, -0.2) is 0 Å². The summed E-state index contributed by atoms with van der Waals surface area (Å²) in [6, 6.07) is 17.4. The fraction of sp³-hybridized carbons (Fsp3) is 0.300. The standard InChI is InChI=1S/C20H23N/c1-2-3-4-5-7-15-10-11-16-14-19-17(13-18(16)12-15)8-6-9-20(19)21/h6,8-14H,2-5,7,21H2,1H3. The largest absolute Gasteiger partial charge is 0.398 e. The fourth-order valence-electron chi connectivity index (χ4n) is 3.01. The quantitative estimate of drug-likeness (QED) is 0.361. The van der Waals surface area contributed by atoms with Gasteiger partial charge in [0.15, 0.2) is 0 Å². The number of hydrogen-bond donors (Lipinski definition) is 1. The molecule has 0 heterocycles. The first-order valence-electron chi connectivity index (χ1n) is 7.99. The third-order valence-corrected chi connectivity index (χ3v) is 4.25. The minimum atomic E-state index is 0.859. The Morgan fingerprint density at radius 2 is 1.71 bits per heavy atom. The van der Waals surface area contributed by atoms with E-state index in [4.69, 9.17) is 5.73 Å². The summed E-state index contributed by atoms with van der Waals surface area (Å²) in [5, 5.41) is 4.98. The zero-order chi connectivity index (χ0) is 14.7. The van der Waals surface area contributed by atoms with E-state index in [2.05, 4.69) is 43.3 Å². The van der Waals surface area contributed by atoms with E-state index in [9.17, 15) is 0 Å². The molecule has 1 nitrogen and oxygen atoms in total. The van der Waals surface area contributed by atoms with Gasteiger partial charge in [0, 0.05) is 11.1 Å². The van der Waals surface area contributed by atoms with Crippen LogP contribution in [0.1, 0.15) is 38.2 Å². The Morgan fingerprint density at radius 1 is 0.810 bits per heavy atom. The zero-order valence-corrected chi connectivity index (χ0v) is 12.7. The molecule has 0 aliphatic carbocycles. The number of rotatable bonds is 5. The number of benzene rings is 3. The van der Waals surface area contributed by atoms with Crippen molar-refractivity contribution >= 4 is 27.2 Å². The molecule has 0 saturated carbocycles. The van der Waals surface area contributed by atoms with Crippen molar-refractivity contribution in [2.24, 2.45) is 0 Å². The van der Waals surface area contributed by atoms with Crippen molar-refractivity contribution in [1.82, 2.24) is 0 Å². The van der Waals surface area contributed by atoms with Crippen LogP contribution in [0.4, 0.5) is 5.69 Å². The molecule has 0 fully saturated rings. The number of unbranched alkanes of at least 4 members (excludes halogenated alkanes) is 3. The van der Waals surface area contributed by atoms with E-state index >= 15 is 0 Å². The Bertz CT molecular complexity index is 758. The third-order valence-electron chi connectivity index (χ3n) is 4.25. The van der Waals surface area contributed by atoms with Crippen LogP contribution in [0.25, 0.3) is 21.5 Å². The van der Waals surface area contributed by atoms with Crippen molar-refractivity contribution in [3.8, 4) is 0 Å². The molecule has 0 unspecified atom stereocenters. The lowest BCUT2D eigenvalue weighted by Gasteiger charge is -2.07. The molecule has 0 radical (unpaired) electrons. The molecule has 21 heavy (non-hydrogen) atoms. The molecule has 3 aromatic rings. The topological polar surface area (TPSA) is 26.0 Å². The second-order valence-corrected chi connectivity index (χ2v) is 5.91. The summed E-state index contributed by atoms with van der Waals surface area (Å²) in [4.78, 5) is 0. The summed E-state index contributed by atoms with van der Waals surface area (Å²) in [6.45, 7) is 2.26. The van der Waals surface area contributed by atoms with Gasteiger partial charge in [0.25, 0.3) is 0 Å². The molecule has 0 amide bonds. The molecular formula is C20H23N. The second-order valence-electron chi connectivity index (χ2n) is 5.91. The maximum atomic E-state index is 6.07. The van der Waals surface area contributed by atoms with Crippen molar-refractivity contribution in [1.29, 1.82) is 0 Å². The van der Waals surface area contributed by atoms with Crippen LogP contribution in [-0.2, 0) is 6.42 Å². The predicted octanol–water partition coefficient (Wildman–Crippen LogP) is 5.70. The molecule has 108 valence electrons. The molecule has 0 aliphatic rings. The van der Waals surface area contributed by atoms with Crippen molar-refractivity contribution in [2.45, 2.75) is 39.0 Å². The van der Waals surface area contributed by atoms with Gasteiger partial charge in [-0.15, -0.1) is 0 Å². The number of aryl methyl sites for hydroxylation is 1. The van der Waals surface area contributed by atoms with Gasteiger partial charge in [-0.05, 0) is 52.8 Å². The highest BCUT2D eigenvalue weighted by Gasteiger charge is 2.02. The van der Waals surface area contributed by atoms with Gasteiger partial charge in [0.2, 0.25) is 0 Å². The minimum absolute atomic E-state index is 0.859. The first-order chi connectivity index (χ1) is 10.3. The van der Waals surface area contributed by atoms with Gasteiger partial charge in [0.1, 0.15) is 0 Å². The SMILES string of the molecule is CCCCCCc1ccc2cc3c(N)cccc3cc2c1. The number of hydrogen-bond acceptors (Lipinski definition) is 1. The molecule has 0 bridgehead atoms. The summed E-state index contributed by atoms with van der Waals surface area (Å²) < 4.78 is 0. The maximum Gasteiger partial charge on any atom is 0.0393 e. The van der Waals surface area contributed by atoms with Crippen molar-refractivity contribution in [2.75, 3.05) is 5.73 Å². The zero-order valence-electron chi connectivity index (χ0n) is 12.7. The molecule has 0 aromatic heterocycles. The minimum Gasteiger partial charge on any atom is -0.398 e. The van der Waals surface area contributed by atoms with E-state index in [0.717, 1.165) is 11.1 Å². The van der Waals surface area contributed by atoms with Crippen LogP contribution in [-0.4, -0.2) is 0 Å². The highest BCUT2D eigenvalue weighted by Crippen LogP contribution is 2.27.